The van der Waals surface area contributed by atoms with Crippen LogP contribution in [0.4, 0.5) is 4.39 Å². The number of alkyl halides is 1. The first-order chi connectivity index (χ1) is 17.8. The van der Waals surface area contributed by atoms with Crippen LogP contribution in [-0.4, -0.2) is 89.4 Å². The lowest BCUT2D eigenvalue weighted by Gasteiger charge is -2.54. The Morgan fingerprint density at radius 3 is 2.65 bits per heavy atom. The largest absolute Gasteiger partial charge is 0.458 e. The fraction of sp³-hybridized carbons (Fsp3) is 0.889. The second-order valence-electron chi connectivity index (χ2n) is 12.4. The normalized spacial score (nSPS) is 56.5. The number of ether oxygens (including phenoxy) is 5. The van der Waals surface area contributed by atoms with Crippen molar-refractivity contribution in [2.75, 3.05) is 13.7 Å². The van der Waals surface area contributed by atoms with Crippen LogP contribution in [0.1, 0.15) is 51.4 Å². The quantitative estimate of drug-likeness (QED) is 0.284. The minimum Gasteiger partial charge on any atom is -0.458 e. The second-order valence-corrected chi connectivity index (χ2v) is 12.4. The maximum atomic E-state index is 14.2. The number of fused-ring (bicyclic) bond motifs is 3. The summed E-state index contributed by atoms with van der Waals surface area (Å²) in [5.41, 5.74) is -0.340. The minimum absolute atomic E-state index is 0.0132. The SMILES string of the molecule is COC1C(O)C(F)OC(O[C@H]2CC[C@@H]3C4CC[C@@H]5[C@@H](C6=CC(=O)OC6)CC[C@]5(O)[C@@]45O[C@H]5C[C@@H]3C2)C1O. The number of cyclic esters (lactones) is 1. The van der Waals surface area contributed by atoms with E-state index in [1.165, 1.54) is 7.11 Å². The van der Waals surface area contributed by atoms with Gasteiger partial charge in [-0.15, -0.1) is 0 Å². The Bertz CT molecular complexity index is 976. The van der Waals surface area contributed by atoms with Gasteiger partial charge in [-0.2, -0.15) is 0 Å². The van der Waals surface area contributed by atoms with E-state index in [0.29, 0.717) is 24.9 Å². The number of methoxy groups -OCH3 is 1. The summed E-state index contributed by atoms with van der Waals surface area (Å²) >= 11 is 0. The molecule has 1 spiro atoms. The molecule has 0 aromatic carbocycles. The van der Waals surface area contributed by atoms with Crippen LogP contribution in [0.3, 0.4) is 0 Å². The van der Waals surface area contributed by atoms with Crippen LogP contribution in [0.15, 0.2) is 11.6 Å². The highest BCUT2D eigenvalue weighted by Crippen LogP contribution is 2.71. The van der Waals surface area contributed by atoms with E-state index in [9.17, 15) is 24.5 Å². The van der Waals surface area contributed by atoms with Crippen LogP contribution in [0.5, 0.6) is 0 Å². The highest BCUT2D eigenvalue weighted by molar-refractivity contribution is 5.85. The van der Waals surface area contributed by atoms with Crippen molar-refractivity contribution in [2.24, 2.45) is 29.6 Å². The molecule has 14 atom stereocenters. The molecular weight excluding hydrogens is 487 g/mol. The van der Waals surface area contributed by atoms with E-state index in [4.69, 9.17) is 23.7 Å². The lowest BCUT2D eigenvalue weighted by Crippen LogP contribution is -2.62. The number of epoxide rings is 1. The lowest BCUT2D eigenvalue weighted by molar-refractivity contribution is -0.337. The zero-order valence-electron chi connectivity index (χ0n) is 21.0. The molecule has 0 aromatic rings. The van der Waals surface area contributed by atoms with E-state index in [2.05, 4.69) is 0 Å². The first-order valence-electron chi connectivity index (χ1n) is 13.9. The van der Waals surface area contributed by atoms with Gasteiger partial charge in [-0.1, -0.05) is 0 Å². The van der Waals surface area contributed by atoms with Gasteiger partial charge in [0.15, 0.2) is 6.29 Å². The fourth-order valence-corrected chi connectivity index (χ4v) is 9.45. The molecule has 7 aliphatic rings. The van der Waals surface area contributed by atoms with Gasteiger partial charge in [0.2, 0.25) is 6.36 Å². The number of halogens is 1. The highest BCUT2D eigenvalue weighted by atomic mass is 19.1. The highest BCUT2D eigenvalue weighted by Gasteiger charge is 2.80. The Morgan fingerprint density at radius 1 is 1.08 bits per heavy atom. The molecule has 0 bridgehead atoms. The third-order valence-electron chi connectivity index (χ3n) is 11.0. The van der Waals surface area contributed by atoms with Crippen molar-refractivity contribution < 1.29 is 48.2 Å². The molecule has 4 aliphatic carbocycles. The van der Waals surface area contributed by atoms with Gasteiger partial charge in [0, 0.05) is 13.2 Å². The molecular formula is C27H37FO9. The minimum atomic E-state index is -1.99. The summed E-state index contributed by atoms with van der Waals surface area (Å²) in [6.45, 7) is 0.343. The molecule has 6 fully saturated rings. The molecule has 0 radical (unpaired) electrons. The molecule has 10 heteroatoms. The summed E-state index contributed by atoms with van der Waals surface area (Å²) in [6.07, 6.45) is 1.02. The van der Waals surface area contributed by atoms with Gasteiger partial charge < -0.3 is 39.0 Å². The van der Waals surface area contributed by atoms with Gasteiger partial charge in [-0.3, -0.25) is 0 Å². The van der Waals surface area contributed by atoms with Gasteiger partial charge in [0.05, 0.1) is 17.8 Å². The zero-order chi connectivity index (χ0) is 25.7. The Balaban J connectivity index is 1.04. The number of carbonyl (C=O) groups is 1. The molecule has 3 aliphatic heterocycles. The van der Waals surface area contributed by atoms with Crippen molar-refractivity contribution in [3.8, 4) is 0 Å². The molecule has 2 saturated heterocycles. The van der Waals surface area contributed by atoms with Crippen LogP contribution in [0.25, 0.3) is 0 Å². The summed E-state index contributed by atoms with van der Waals surface area (Å²) in [5, 5.41) is 32.6. The molecule has 3 heterocycles. The molecule has 3 N–H and O–H groups in total. The standard InChI is InChI=1S/C27H37FO9/c1-33-23-21(30)24(28)36-25(22(23)31)35-14-2-3-15-12(8-14)9-19-27(37-19)18(15)5-4-17-16(6-7-26(17,27)32)13-10-20(29)34-11-13/h10,12,14-19,21-25,30-32H,2-9,11H2,1H3/t12-,14-,15-,16+,17+,18?,19-,21?,22?,23?,24?,25?,26+,27+/m0/s1. The van der Waals surface area contributed by atoms with Crippen LogP contribution in [-0.2, 0) is 28.5 Å². The Morgan fingerprint density at radius 2 is 1.89 bits per heavy atom. The number of carbonyl (C=O) groups excluding carboxylic acids is 1. The van der Waals surface area contributed by atoms with Crippen LogP contribution in [0, 0.1) is 29.6 Å². The predicted molar refractivity (Wildman–Crippen MR) is 123 cm³/mol. The number of esters is 1. The average Bonchev–Trinajstić information content (AvgIpc) is 3.27. The number of rotatable bonds is 4. The summed E-state index contributed by atoms with van der Waals surface area (Å²) in [7, 11) is 1.31. The molecule has 0 aromatic heterocycles. The van der Waals surface area contributed by atoms with Crippen molar-refractivity contribution >= 4 is 5.97 Å². The van der Waals surface area contributed by atoms with E-state index in [-0.39, 0.29) is 35.9 Å². The molecule has 9 nitrogen and oxygen atoms in total. The molecule has 4 saturated carbocycles. The molecule has 6 unspecified atom stereocenters. The third kappa shape index (κ3) is 3.49. The Hall–Kier alpha value is -1.14. The topological polar surface area (TPSA) is 127 Å². The van der Waals surface area contributed by atoms with E-state index in [1.807, 2.05) is 0 Å². The van der Waals surface area contributed by atoms with Crippen molar-refractivity contribution in [3.05, 3.63) is 11.6 Å². The molecule has 7 rings (SSSR count). The average molecular weight is 525 g/mol. The number of aliphatic hydroxyl groups excluding tert-OH is 2. The van der Waals surface area contributed by atoms with E-state index < -0.39 is 42.2 Å². The monoisotopic (exact) mass is 524 g/mol. The van der Waals surface area contributed by atoms with Crippen LogP contribution in [0.2, 0.25) is 0 Å². The smallest absolute Gasteiger partial charge is 0.331 e. The third-order valence-corrected chi connectivity index (χ3v) is 11.0. The summed E-state index contributed by atoms with van der Waals surface area (Å²) < 4.78 is 42.2. The number of aliphatic hydroxyl groups is 3. The van der Waals surface area contributed by atoms with Crippen molar-refractivity contribution in [1.29, 1.82) is 0 Å². The van der Waals surface area contributed by atoms with Crippen LogP contribution >= 0.6 is 0 Å². The van der Waals surface area contributed by atoms with Gasteiger partial charge >= 0.3 is 5.97 Å². The lowest BCUT2D eigenvalue weighted by atomic mass is 9.51. The fourth-order valence-electron chi connectivity index (χ4n) is 9.45. The maximum Gasteiger partial charge on any atom is 0.331 e. The van der Waals surface area contributed by atoms with Crippen molar-refractivity contribution in [1.82, 2.24) is 0 Å². The Kier molecular flexibility index (Phi) is 5.83. The second kappa shape index (κ2) is 8.68. The predicted octanol–water partition coefficient (Wildman–Crippen LogP) is 1.37. The summed E-state index contributed by atoms with van der Waals surface area (Å²) in [6, 6.07) is 0. The van der Waals surface area contributed by atoms with Gasteiger partial charge in [0.1, 0.15) is 30.5 Å². The maximum absolute atomic E-state index is 14.2. The van der Waals surface area contributed by atoms with E-state index in [1.54, 1.807) is 6.08 Å². The number of hydrogen-bond donors (Lipinski definition) is 3. The first-order valence-corrected chi connectivity index (χ1v) is 13.9. The molecule has 206 valence electrons. The molecule has 37 heavy (non-hydrogen) atoms. The van der Waals surface area contributed by atoms with Crippen LogP contribution < -0.4 is 0 Å². The summed E-state index contributed by atoms with van der Waals surface area (Å²) in [5.74, 6) is 1.04. The zero-order valence-corrected chi connectivity index (χ0v) is 21.0. The first kappa shape index (κ1) is 24.9. The molecule has 0 amide bonds. The van der Waals surface area contributed by atoms with E-state index in [0.717, 1.165) is 50.5 Å². The summed E-state index contributed by atoms with van der Waals surface area (Å²) in [4.78, 5) is 11.7. The van der Waals surface area contributed by atoms with E-state index >= 15 is 0 Å². The van der Waals surface area contributed by atoms with Gasteiger partial charge in [-0.25, -0.2) is 9.18 Å². The van der Waals surface area contributed by atoms with Gasteiger partial charge in [-0.05, 0) is 86.5 Å². The van der Waals surface area contributed by atoms with Gasteiger partial charge in [0.25, 0.3) is 0 Å². The van der Waals surface area contributed by atoms with Crippen molar-refractivity contribution in [3.63, 3.8) is 0 Å². The van der Waals surface area contributed by atoms with Crippen molar-refractivity contribution in [2.45, 2.75) is 106 Å². The Labute approximate surface area is 215 Å². The number of hydrogen-bond acceptors (Lipinski definition) is 9.